The highest BCUT2D eigenvalue weighted by atomic mass is 32.1. The molecule has 3 aromatic rings. The van der Waals surface area contributed by atoms with Gasteiger partial charge in [0, 0.05) is 4.88 Å². The Morgan fingerprint density at radius 3 is 2.67 bits per heavy atom. The zero-order chi connectivity index (χ0) is 14.8. The van der Waals surface area contributed by atoms with Gasteiger partial charge in [-0.15, -0.1) is 11.3 Å². The number of nitrogens with zero attached hydrogens (tertiary/aromatic N) is 1. The Hall–Kier alpha value is -2.47. The van der Waals surface area contributed by atoms with E-state index in [4.69, 9.17) is 19.7 Å². The van der Waals surface area contributed by atoms with E-state index in [1.54, 1.807) is 25.6 Å². The van der Waals surface area contributed by atoms with E-state index in [1.807, 2.05) is 35.7 Å². The molecule has 1 aromatic carbocycles. The zero-order valence-corrected chi connectivity index (χ0v) is 12.4. The lowest BCUT2D eigenvalue weighted by Gasteiger charge is -2.11. The molecule has 2 aromatic heterocycles. The van der Waals surface area contributed by atoms with Gasteiger partial charge < -0.3 is 19.7 Å². The first kappa shape index (κ1) is 13.5. The predicted octanol–water partition coefficient (Wildman–Crippen LogP) is 3.67. The third-order valence-corrected chi connectivity index (χ3v) is 4.03. The molecule has 3 rings (SSSR count). The normalized spacial score (nSPS) is 10.6. The standard InChI is InChI=1S/C15H14N2O3S/c1-18-10-6-3-5-9(14(10)19-2)13-12(15(16)20-17-13)11-7-4-8-21-11/h3-8H,16H2,1-2H3. The van der Waals surface area contributed by atoms with Crippen LogP contribution in [0.5, 0.6) is 11.5 Å². The molecule has 2 heterocycles. The molecule has 6 heteroatoms. The van der Waals surface area contributed by atoms with Crippen molar-refractivity contribution >= 4 is 17.2 Å². The van der Waals surface area contributed by atoms with Crippen molar-refractivity contribution in [1.82, 2.24) is 5.16 Å². The second kappa shape index (κ2) is 5.49. The van der Waals surface area contributed by atoms with E-state index >= 15 is 0 Å². The maximum Gasteiger partial charge on any atom is 0.231 e. The van der Waals surface area contributed by atoms with Crippen molar-refractivity contribution in [2.75, 3.05) is 20.0 Å². The second-order valence-electron chi connectivity index (χ2n) is 4.29. The number of methoxy groups -OCH3 is 2. The number of para-hydroxylation sites is 1. The van der Waals surface area contributed by atoms with E-state index in [0.717, 1.165) is 16.0 Å². The molecule has 0 spiro atoms. The number of hydrogen-bond donors (Lipinski definition) is 1. The highest BCUT2D eigenvalue weighted by Gasteiger charge is 2.22. The number of rotatable bonds is 4. The number of aromatic nitrogens is 1. The van der Waals surface area contributed by atoms with E-state index < -0.39 is 0 Å². The summed E-state index contributed by atoms with van der Waals surface area (Å²) in [5.74, 6) is 1.53. The number of benzene rings is 1. The lowest BCUT2D eigenvalue weighted by molar-refractivity contribution is 0.355. The van der Waals surface area contributed by atoms with E-state index in [2.05, 4.69) is 5.16 Å². The third-order valence-electron chi connectivity index (χ3n) is 3.14. The summed E-state index contributed by atoms with van der Waals surface area (Å²) >= 11 is 1.57. The lowest BCUT2D eigenvalue weighted by atomic mass is 10.0. The fourth-order valence-corrected chi connectivity index (χ4v) is 3.00. The fraction of sp³-hybridized carbons (Fsp3) is 0.133. The minimum atomic E-state index is 0.289. The van der Waals surface area contributed by atoms with Gasteiger partial charge in [-0.3, -0.25) is 0 Å². The van der Waals surface area contributed by atoms with Gasteiger partial charge in [0.15, 0.2) is 11.5 Å². The van der Waals surface area contributed by atoms with Crippen LogP contribution in [-0.4, -0.2) is 19.4 Å². The number of ether oxygens (including phenoxy) is 2. The van der Waals surface area contributed by atoms with Gasteiger partial charge in [0.2, 0.25) is 5.88 Å². The highest BCUT2D eigenvalue weighted by molar-refractivity contribution is 7.13. The predicted molar refractivity (Wildman–Crippen MR) is 82.8 cm³/mol. The van der Waals surface area contributed by atoms with Crippen LogP contribution in [0.2, 0.25) is 0 Å². The maximum absolute atomic E-state index is 5.94. The van der Waals surface area contributed by atoms with E-state index in [9.17, 15) is 0 Å². The van der Waals surface area contributed by atoms with Crippen LogP contribution in [-0.2, 0) is 0 Å². The number of thiophene rings is 1. The van der Waals surface area contributed by atoms with Crippen LogP contribution in [0, 0.1) is 0 Å². The summed E-state index contributed by atoms with van der Waals surface area (Å²) in [5.41, 5.74) is 8.13. The SMILES string of the molecule is COc1cccc(-c2noc(N)c2-c2cccs2)c1OC. The minimum Gasteiger partial charge on any atom is -0.493 e. The molecule has 0 fully saturated rings. The Morgan fingerprint density at radius 1 is 1.14 bits per heavy atom. The highest BCUT2D eigenvalue weighted by Crippen LogP contribution is 2.44. The summed E-state index contributed by atoms with van der Waals surface area (Å²) in [6, 6.07) is 9.54. The van der Waals surface area contributed by atoms with Gasteiger partial charge in [-0.1, -0.05) is 17.3 Å². The number of hydrogen-bond acceptors (Lipinski definition) is 6. The molecular weight excluding hydrogens is 288 g/mol. The molecule has 0 saturated carbocycles. The average Bonchev–Trinajstić information content (AvgIpc) is 3.15. The van der Waals surface area contributed by atoms with Gasteiger partial charge in [0.05, 0.1) is 25.3 Å². The largest absolute Gasteiger partial charge is 0.493 e. The van der Waals surface area contributed by atoms with Crippen LogP contribution < -0.4 is 15.2 Å². The van der Waals surface area contributed by atoms with Crippen LogP contribution in [0.25, 0.3) is 21.7 Å². The molecule has 0 radical (unpaired) electrons. The fourth-order valence-electron chi connectivity index (χ4n) is 2.22. The minimum absolute atomic E-state index is 0.289. The lowest BCUT2D eigenvalue weighted by Crippen LogP contribution is -1.94. The van der Waals surface area contributed by atoms with Crippen LogP contribution >= 0.6 is 11.3 Å². The summed E-state index contributed by atoms with van der Waals surface area (Å²) in [4.78, 5) is 0.994. The average molecular weight is 302 g/mol. The molecule has 21 heavy (non-hydrogen) atoms. The van der Waals surface area contributed by atoms with E-state index in [-0.39, 0.29) is 5.88 Å². The Kier molecular flexibility index (Phi) is 3.53. The summed E-state index contributed by atoms with van der Waals surface area (Å²) in [6.07, 6.45) is 0. The third kappa shape index (κ3) is 2.23. The van der Waals surface area contributed by atoms with Crippen molar-refractivity contribution in [2.24, 2.45) is 0 Å². The van der Waals surface area contributed by atoms with Crippen molar-refractivity contribution < 1.29 is 14.0 Å². The Bertz CT molecular complexity index is 750. The molecule has 0 unspecified atom stereocenters. The monoisotopic (exact) mass is 302 g/mol. The van der Waals surface area contributed by atoms with Crippen LogP contribution in [0.1, 0.15) is 0 Å². The van der Waals surface area contributed by atoms with Crippen molar-refractivity contribution in [1.29, 1.82) is 0 Å². The Morgan fingerprint density at radius 2 is 2.00 bits per heavy atom. The van der Waals surface area contributed by atoms with E-state index in [0.29, 0.717) is 17.2 Å². The zero-order valence-electron chi connectivity index (χ0n) is 11.6. The molecule has 0 aliphatic rings. The van der Waals surface area contributed by atoms with Crippen molar-refractivity contribution in [3.05, 3.63) is 35.7 Å². The molecule has 108 valence electrons. The molecule has 5 nitrogen and oxygen atoms in total. The number of nitrogens with two attached hydrogens (primary N) is 1. The summed E-state index contributed by atoms with van der Waals surface area (Å²) in [7, 11) is 3.19. The second-order valence-corrected chi connectivity index (χ2v) is 5.24. The molecular formula is C15H14N2O3S. The molecule has 0 saturated heterocycles. The molecule has 0 atom stereocenters. The molecule has 2 N–H and O–H groups in total. The van der Waals surface area contributed by atoms with Crippen molar-refractivity contribution in [2.45, 2.75) is 0 Å². The van der Waals surface area contributed by atoms with Gasteiger partial charge in [-0.25, -0.2) is 0 Å². The topological polar surface area (TPSA) is 70.5 Å². The van der Waals surface area contributed by atoms with Crippen LogP contribution in [0.15, 0.2) is 40.2 Å². The summed E-state index contributed by atoms with van der Waals surface area (Å²) in [6.45, 7) is 0. The first-order chi connectivity index (χ1) is 10.3. The van der Waals surface area contributed by atoms with Crippen LogP contribution in [0.4, 0.5) is 5.88 Å². The number of nitrogen functional groups attached to an aromatic ring is 1. The first-order valence-electron chi connectivity index (χ1n) is 6.26. The van der Waals surface area contributed by atoms with Crippen molar-refractivity contribution in [3.63, 3.8) is 0 Å². The quantitative estimate of drug-likeness (QED) is 0.796. The molecule has 0 bridgehead atoms. The smallest absolute Gasteiger partial charge is 0.231 e. The molecule has 0 aliphatic carbocycles. The van der Waals surface area contributed by atoms with Gasteiger partial charge >= 0.3 is 0 Å². The molecule has 0 aliphatic heterocycles. The first-order valence-corrected chi connectivity index (χ1v) is 7.14. The van der Waals surface area contributed by atoms with Gasteiger partial charge in [0.1, 0.15) is 5.69 Å². The Balaban J connectivity index is 2.23. The van der Waals surface area contributed by atoms with Crippen LogP contribution in [0.3, 0.4) is 0 Å². The molecule has 0 amide bonds. The van der Waals surface area contributed by atoms with Gasteiger partial charge in [-0.05, 0) is 23.6 Å². The summed E-state index contributed by atoms with van der Waals surface area (Å²) < 4.78 is 16.0. The summed E-state index contributed by atoms with van der Waals surface area (Å²) in [5, 5.41) is 6.08. The van der Waals surface area contributed by atoms with Gasteiger partial charge in [-0.2, -0.15) is 0 Å². The van der Waals surface area contributed by atoms with Gasteiger partial charge in [0.25, 0.3) is 0 Å². The number of anilines is 1. The Labute approximate surface area is 125 Å². The van der Waals surface area contributed by atoms with Crippen molar-refractivity contribution in [3.8, 4) is 33.2 Å². The van der Waals surface area contributed by atoms with E-state index in [1.165, 1.54) is 0 Å². The maximum atomic E-state index is 5.94.